The number of thiophene rings is 1. The lowest BCUT2D eigenvalue weighted by molar-refractivity contribution is -0.141. The molecule has 2 N–H and O–H groups in total. The first-order chi connectivity index (χ1) is 6.65. The minimum Gasteiger partial charge on any atom is -0.479 e. The van der Waals surface area contributed by atoms with Crippen LogP contribution < -0.4 is 5.32 Å². The van der Waals surface area contributed by atoms with Crippen molar-refractivity contribution in [2.24, 2.45) is 0 Å². The Bertz CT molecular complexity index is 345. The molecule has 0 saturated heterocycles. The number of carbonyl (C=O) groups excluding carboxylic acids is 1. The molecule has 0 aromatic carbocycles. The summed E-state index contributed by atoms with van der Waals surface area (Å²) in [5.41, 5.74) is 0. The van der Waals surface area contributed by atoms with Gasteiger partial charge in [-0.15, -0.1) is 11.3 Å². The van der Waals surface area contributed by atoms with Gasteiger partial charge in [0.1, 0.15) is 0 Å². The molecular formula is C9H9NO3S. The predicted octanol–water partition coefficient (Wildman–Crippen LogP) is 1.18. The second-order valence-electron chi connectivity index (χ2n) is 2.50. The van der Waals surface area contributed by atoms with E-state index in [4.69, 9.17) is 5.11 Å². The fraction of sp³-hybridized carbons (Fsp3) is 0.111. The van der Waals surface area contributed by atoms with Gasteiger partial charge in [-0.05, 0) is 17.5 Å². The van der Waals surface area contributed by atoms with Crippen LogP contribution in [0.15, 0.2) is 30.2 Å². The van der Waals surface area contributed by atoms with E-state index in [9.17, 15) is 9.59 Å². The molecule has 1 rings (SSSR count). The molecule has 0 radical (unpaired) electrons. The van der Waals surface area contributed by atoms with Crippen molar-refractivity contribution in [3.63, 3.8) is 0 Å². The van der Waals surface area contributed by atoms with Crippen LogP contribution in [0.4, 0.5) is 0 Å². The average molecular weight is 211 g/mol. The Hall–Kier alpha value is -1.62. The maximum absolute atomic E-state index is 10.9. The Kier molecular flexibility index (Phi) is 3.41. The third-order valence-electron chi connectivity index (χ3n) is 1.55. The zero-order valence-corrected chi connectivity index (χ0v) is 8.08. The second kappa shape index (κ2) is 4.57. The molecule has 1 aromatic heterocycles. The zero-order valence-electron chi connectivity index (χ0n) is 7.27. The topological polar surface area (TPSA) is 66.4 Å². The number of rotatable bonds is 4. The molecule has 0 saturated carbocycles. The Labute approximate surface area is 84.9 Å². The van der Waals surface area contributed by atoms with Crippen LogP contribution in [0.1, 0.15) is 10.9 Å². The highest BCUT2D eigenvalue weighted by Crippen LogP contribution is 2.18. The van der Waals surface area contributed by atoms with Crippen molar-refractivity contribution in [2.45, 2.75) is 6.04 Å². The predicted molar refractivity (Wildman–Crippen MR) is 53.0 cm³/mol. The van der Waals surface area contributed by atoms with Crippen molar-refractivity contribution in [1.29, 1.82) is 0 Å². The van der Waals surface area contributed by atoms with E-state index in [0.717, 1.165) is 6.08 Å². The number of aliphatic carboxylic acids is 1. The van der Waals surface area contributed by atoms with E-state index in [-0.39, 0.29) is 0 Å². The van der Waals surface area contributed by atoms with E-state index in [0.29, 0.717) is 4.88 Å². The molecule has 0 spiro atoms. The summed E-state index contributed by atoms with van der Waals surface area (Å²) in [6.07, 6.45) is 1.05. The van der Waals surface area contributed by atoms with Crippen LogP contribution in [-0.2, 0) is 9.59 Å². The molecule has 1 aromatic rings. The van der Waals surface area contributed by atoms with Crippen molar-refractivity contribution in [3.05, 3.63) is 35.0 Å². The normalized spacial score (nSPS) is 11.7. The first kappa shape index (κ1) is 10.5. The van der Waals surface area contributed by atoms with Crippen molar-refractivity contribution < 1.29 is 14.7 Å². The summed E-state index contributed by atoms with van der Waals surface area (Å²) in [6.45, 7) is 3.25. The fourth-order valence-electron chi connectivity index (χ4n) is 0.911. The molecular weight excluding hydrogens is 202 g/mol. The summed E-state index contributed by atoms with van der Waals surface area (Å²) in [7, 11) is 0. The molecule has 0 fully saturated rings. The number of carboxylic acid groups (broad SMARTS) is 1. The number of nitrogens with one attached hydrogen (secondary N) is 1. The lowest BCUT2D eigenvalue weighted by Crippen LogP contribution is -2.31. The number of carboxylic acids is 1. The van der Waals surface area contributed by atoms with Crippen molar-refractivity contribution in [3.8, 4) is 0 Å². The Morgan fingerprint density at radius 1 is 1.64 bits per heavy atom. The Morgan fingerprint density at radius 3 is 2.79 bits per heavy atom. The van der Waals surface area contributed by atoms with Crippen LogP contribution in [0, 0.1) is 0 Å². The van der Waals surface area contributed by atoms with Gasteiger partial charge in [0.25, 0.3) is 0 Å². The molecule has 1 unspecified atom stereocenters. The fourth-order valence-corrected chi connectivity index (χ4v) is 1.68. The van der Waals surface area contributed by atoms with Gasteiger partial charge in [0, 0.05) is 4.88 Å². The lowest BCUT2D eigenvalue weighted by Gasteiger charge is -2.10. The monoisotopic (exact) mass is 211 g/mol. The number of carbonyl (C=O) groups is 2. The van der Waals surface area contributed by atoms with Gasteiger partial charge < -0.3 is 10.4 Å². The molecule has 1 atom stereocenters. The third kappa shape index (κ3) is 2.43. The molecule has 4 nitrogen and oxygen atoms in total. The molecule has 5 heteroatoms. The molecule has 0 aliphatic carbocycles. The summed E-state index contributed by atoms with van der Waals surface area (Å²) in [5, 5.41) is 12.9. The standard InChI is InChI=1S/C9H9NO3S/c1-2-7(11)10-8(9(12)13)6-4-3-5-14-6/h2-5,8H,1H2,(H,10,11)(H,12,13). The number of hydrogen-bond donors (Lipinski definition) is 2. The van der Waals surface area contributed by atoms with E-state index < -0.39 is 17.9 Å². The van der Waals surface area contributed by atoms with E-state index in [1.807, 2.05) is 0 Å². The van der Waals surface area contributed by atoms with Crippen LogP contribution >= 0.6 is 11.3 Å². The number of amides is 1. The summed E-state index contributed by atoms with van der Waals surface area (Å²) < 4.78 is 0. The van der Waals surface area contributed by atoms with Crippen LogP contribution in [0.5, 0.6) is 0 Å². The van der Waals surface area contributed by atoms with Crippen LogP contribution in [-0.4, -0.2) is 17.0 Å². The van der Waals surface area contributed by atoms with Crippen LogP contribution in [0.2, 0.25) is 0 Å². The zero-order chi connectivity index (χ0) is 10.6. The van der Waals surface area contributed by atoms with Gasteiger partial charge in [0.05, 0.1) is 0 Å². The average Bonchev–Trinajstić information content (AvgIpc) is 2.65. The highest BCUT2D eigenvalue weighted by Gasteiger charge is 2.21. The molecule has 0 bridgehead atoms. The minimum absolute atomic E-state index is 0.495. The van der Waals surface area contributed by atoms with Gasteiger partial charge in [0.2, 0.25) is 5.91 Å². The van der Waals surface area contributed by atoms with Crippen molar-refractivity contribution >= 4 is 23.2 Å². The first-order valence-electron chi connectivity index (χ1n) is 3.84. The van der Waals surface area contributed by atoms with E-state index >= 15 is 0 Å². The molecule has 1 amide bonds. The molecule has 1 heterocycles. The molecule has 0 aliphatic rings. The van der Waals surface area contributed by atoms with E-state index in [1.54, 1.807) is 17.5 Å². The lowest BCUT2D eigenvalue weighted by atomic mass is 10.2. The van der Waals surface area contributed by atoms with Crippen LogP contribution in [0.3, 0.4) is 0 Å². The van der Waals surface area contributed by atoms with E-state index in [2.05, 4.69) is 11.9 Å². The van der Waals surface area contributed by atoms with Crippen LogP contribution in [0.25, 0.3) is 0 Å². The third-order valence-corrected chi connectivity index (χ3v) is 2.48. The summed E-state index contributed by atoms with van der Waals surface area (Å²) in [5.74, 6) is -1.58. The van der Waals surface area contributed by atoms with Gasteiger partial charge in [-0.1, -0.05) is 12.6 Å². The molecule has 0 aliphatic heterocycles. The minimum atomic E-state index is -1.08. The summed E-state index contributed by atoms with van der Waals surface area (Å²) in [6, 6.07) is 2.41. The van der Waals surface area contributed by atoms with Gasteiger partial charge >= 0.3 is 5.97 Å². The van der Waals surface area contributed by atoms with Gasteiger partial charge in [0.15, 0.2) is 6.04 Å². The number of hydrogen-bond acceptors (Lipinski definition) is 3. The highest BCUT2D eigenvalue weighted by molar-refractivity contribution is 7.10. The molecule has 14 heavy (non-hydrogen) atoms. The first-order valence-corrected chi connectivity index (χ1v) is 4.72. The maximum Gasteiger partial charge on any atom is 0.331 e. The summed E-state index contributed by atoms with van der Waals surface area (Å²) in [4.78, 5) is 22.3. The quantitative estimate of drug-likeness (QED) is 0.735. The molecule has 74 valence electrons. The highest BCUT2D eigenvalue weighted by atomic mass is 32.1. The van der Waals surface area contributed by atoms with E-state index in [1.165, 1.54) is 11.3 Å². The Morgan fingerprint density at radius 2 is 2.36 bits per heavy atom. The smallest absolute Gasteiger partial charge is 0.331 e. The van der Waals surface area contributed by atoms with Crippen molar-refractivity contribution in [2.75, 3.05) is 0 Å². The summed E-state index contributed by atoms with van der Waals surface area (Å²) >= 11 is 1.28. The van der Waals surface area contributed by atoms with Crippen molar-refractivity contribution in [1.82, 2.24) is 5.32 Å². The largest absolute Gasteiger partial charge is 0.479 e. The Balaban J connectivity index is 2.81. The second-order valence-corrected chi connectivity index (χ2v) is 3.48. The van der Waals surface area contributed by atoms with Gasteiger partial charge in [-0.3, -0.25) is 4.79 Å². The SMILES string of the molecule is C=CC(=O)NC(C(=O)O)c1cccs1. The maximum atomic E-state index is 10.9. The van der Waals surface area contributed by atoms with Gasteiger partial charge in [-0.2, -0.15) is 0 Å². The van der Waals surface area contributed by atoms with Gasteiger partial charge in [-0.25, -0.2) is 4.79 Å².